The molecule has 10 heteroatoms. The lowest BCUT2D eigenvalue weighted by Gasteiger charge is -2.13. The van der Waals surface area contributed by atoms with Gasteiger partial charge in [0, 0.05) is 23.4 Å². The van der Waals surface area contributed by atoms with Crippen molar-refractivity contribution in [1.82, 2.24) is 14.5 Å². The van der Waals surface area contributed by atoms with E-state index in [0.717, 1.165) is 0 Å². The Morgan fingerprint density at radius 2 is 1.94 bits per heavy atom. The van der Waals surface area contributed by atoms with Gasteiger partial charge in [0.15, 0.2) is 0 Å². The van der Waals surface area contributed by atoms with Crippen molar-refractivity contribution in [3.05, 3.63) is 71.9 Å². The summed E-state index contributed by atoms with van der Waals surface area (Å²) in [5, 5.41) is 0.652. The van der Waals surface area contributed by atoms with Gasteiger partial charge in [0.25, 0.3) is 0 Å². The maximum atomic E-state index is 15.2. The van der Waals surface area contributed by atoms with Crippen LogP contribution in [-0.2, 0) is 11.3 Å². The largest absolute Gasteiger partial charge is 0.481 e. The van der Waals surface area contributed by atoms with Gasteiger partial charge >= 0.3 is 5.97 Å². The molecule has 5 aromatic rings. The highest BCUT2D eigenvalue weighted by molar-refractivity contribution is 6.17. The van der Waals surface area contributed by atoms with E-state index in [-0.39, 0.29) is 52.8 Å². The summed E-state index contributed by atoms with van der Waals surface area (Å²) in [4.78, 5) is 21.9. The monoisotopic (exact) mass is 493 g/mol. The van der Waals surface area contributed by atoms with Crippen molar-refractivity contribution in [2.45, 2.75) is 13.5 Å². The Morgan fingerprint density at radius 3 is 2.69 bits per heavy atom. The van der Waals surface area contributed by atoms with Gasteiger partial charge in [-0.25, -0.2) is 23.5 Å². The third-order valence-electron chi connectivity index (χ3n) is 5.83. The predicted octanol–water partition coefficient (Wildman–Crippen LogP) is 5.36. The van der Waals surface area contributed by atoms with Crippen LogP contribution in [0.25, 0.3) is 33.0 Å². The Bertz CT molecular complexity index is 1610. The maximum Gasteiger partial charge on any atom is 0.355 e. The number of fused-ring (bicyclic) bond motifs is 3. The summed E-state index contributed by atoms with van der Waals surface area (Å²) < 4.78 is 53.2. The standard InChI is InChI=1S/C26H21F2N3O5/c1-4-35-26(32)23-21(15-6-5-10-29-25(15)34-3)22-19(12-17(28)14-9-11-36-24(14)22)31(23)13-18-16(27)7-8-20(30-18)33-2/h5-12H,4,13H2,1-3H3. The number of benzene rings is 1. The molecule has 0 saturated carbocycles. The molecular formula is C26H21F2N3O5. The van der Waals surface area contributed by atoms with Gasteiger partial charge in [-0.15, -0.1) is 0 Å². The number of carbonyl (C=O) groups is 1. The fraction of sp³-hybridized carbons (Fsp3) is 0.192. The number of methoxy groups -OCH3 is 2. The first-order valence-corrected chi connectivity index (χ1v) is 11.1. The third kappa shape index (κ3) is 3.71. The Hall–Kier alpha value is -4.47. The highest BCUT2D eigenvalue weighted by Crippen LogP contribution is 2.43. The van der Waals surface area contributed by atoms with E-state index in [0.29, 0.717) is 16.5 Å². The molecule has 0 aliphatic heterocycles. The van der Waals surface area contributed by atoms with Gasteiger partial charge < -0.3 is 23.2 Å². The fourth-order valence-electron chi connectivity index (χ4n) is 4.33. The van der Waals surface area contributed by atoms with Gasteiger partial charge in [-0.3, -0.25) is 0 Å². The second-order valence-electron chi connectivity index (χ2n) is 7.79. The van der Waals surface area contributed by atoms with Gasteiger partial charge in [-0.05, 0) is 37.3 Å². The van der Waals surface area contributed by atoms with E-state index >= 15 is 4.39 Å². The molecule has 4 heterocycles. The average molecular weight is 493 g/mol. The van der Waals surface area contributed by atoms with E-state index in [4.69, 9.17) is 18.6 Å². The Balaban J connectivity index is 1.93. The van der Waals surface area contributed by atoms with E-state index < -0.39 is 17.6 Å². The van der Waals surface area contributed by atoms with Gasteiger partial charge in [-0.1, -0.05) is 0 Å². The van der Waals surface area contributed by atoms with Gasteiger partial charge in [0.05, 0.1) is 55.6 Å². The first-order chi connectivity index (χ1) is 17.5. The maximum absolute atomic E-state index is 15.2. The Kier molecular flexibility index (Phi) is 6.01. The number of carbonyl (C=O) groups excluding carboxylic acids is 1. The van der Waals surface area contributed by atoms with Crippen LogP contribution in [0.4, 0.5) is 8.78 Å². The summed E-state index contributed by atoms with van der Waals surface area (Å²) in [6.45, 7) is 1.53. The molecule has 0 unspecified atom stereocenters. The van der Waals surface area contributed by atoms with Crippen molar-refractivity contribution < 1.29 is 32.2 Å². The van der Waals surface area contributed by atoms with E-state index in [1.54, 1.807) is 25.3 Å². The molecule has 0 bridgehead atoms. The fourth-order valence-corrected chi connectivity index (χ4v) is 4.33. The number of rotatable bonds is 7. The van der Waals surface area contributed by atoms with Crippen LogP contribution in [0.2, 0.25) is 0 Å². The molecule has 36 heavy (non-hydrogen) atoms. The quantitative estimate of drug-likeness (QED) is 0.282. The molecule has 4 aromatic heterocycles. The first kappa shape index (κ1) is 23.3. The number of esters is 1. The van der Waals surface area contributed by atoms with Crippen LogP contribution in [0.1, 0.15) is 23.1 Å². The van der Waals surface area contributed by atoms with Crippen LogP contribution in [0.15, 0.2) is 53.3 Å². The number of ether oxygens (including phenoxy) is 3. The minimum Gasteiger partial charge on any atom is -0.481 e. The second-order valence-corrected chi connectivity index (χ2v) is 7.79. The van der Waals surface area contributed by atoms with Gasteiger partial charge in [0.2, 0.25) is 11.8 Å². The minimum atomic E-state index is -0.696. The number of furan rings is 1. The SMILES string of the molecule is CCOC(=O)c1c(-c2cccnc2OC)c2c3occc3c(F)cc2n1Cc1nc(OC)ccc1F. The number of nitrogens with zero attached hydrogens (tertiary/aromatic N) is 3. The lowest BCUT2D eigenvalue weighted by molar-refractivity contribution is 0.0516. The molecule has 0 aliphatic rings. The van der Waals surface area contributed by atoms with Gasteiger partial charge in [0.1, 0.15) is 22.9 Å². The number of pyridine rings is 2. The van der Waals surface area contributed by atoms with Crippen molar-refractivity contribution in [1.29, 1.82) is 0 Å². The van der Waals surface area contributed by atoms with Crippen molar-refractivity contribution >= 4 is 27.8 Å². The zero-order valence-electron chi connectivity index (χ0n) is 19.7. The van der Waals surface area contributed by atoms with E-state index in [2.05, 4.69) is 9.97 Å². The second kappa shape index (κ2) is 9.29. The highest BCUT2D eigenvalue weighted by Gasteiger charge is 2.31. The zero-order valence-corrected chi connectivity index (χ0v) is 19.7. The topological polar surface area (TPSA) is 88.6 Å². The predicted molar refractivity (Wildman–Crippen MR) is 127 cm³/mol. The lowest BCUT2D eigenvalue weighted by atomic mass is 10.0. The van der Waals surface area contributed by atoms with Crippen LogP contribution < -0.4 is 9.47 Å². The molecule has 184 valence electrons. The van der Waals surface area contributed by atoms with Crippen LogP contribution in [-0.4, -0.2) is 41.3 Å². The number of hydrogen-bond acceptors (Lipinski definition) is 7. The van der Waals surface area contributed by atoms with Crippen molar-refractivity contribution in [3.8, 4) is 22.9 Å². The van der Waals surface area contributed by atoms with E-state index in [1.165, 1.54) is 49.3 Å². The summed E-state index contributed by atoms with van der Waals surface area (Å²) in [6.07, 6.45) is 2.91. The van der Waals surface area contributed by atoms with Crippen LogP contribution in [0, 0.1) is 11.6 Å². The first-order valence-electron chi connectivity index (χ1n) is 11.1. The molecule has 0 amide bonds. The molecule has 1 aromatic carbocycles. The summed E-state index contributed by atoms with van der Waals surface area (Å²) in [5.41, 5.74) is 1.34. The summed E-state index contributed by atoms with van der Waals surface area (Å²) >= 11 is 0. The Labute approximate surface area is 204 Å². The van der Waals surface area contributed by atoms with Crippen molar-refractivity contribution in [2.75, 3.05) is 20.8 Å². The average Bonchev–Trinajstić information content (AvgIpc) is 3.49. The van der Waals surface area contributed by atoms with Gasteiger partial charge in [-0.2, -0.15) is 0 Å². The highest BCUT2D eigenvalue weighted by atomic mass is 19.1. The van der Waals surface area contributed by atoms with Crippen LogP contribution in [0.3, 0.4) is 0 Å². The van der Waals surface area contributed by atoms with Crippen molar-refractivity contribution in [3.63, 3.8) is 0 Å². The third-order valence-corrected chi connectivity index (χ3v) is 5.83. The molecule has 0 aliphatic carbocycles. The number of aromatic nitrogens is 3. The van der Waals surface area contributed by atoms with Crippen LogP contribution >= 0.6 is 0 Å². The molecule has 0 N–H and O–H groups in total. The zero-order chi connectivity index (χ0) is 25.4. The normalized spacial score (nSPS) is 11.2. The minimum absolute atomic E-state index is 0.0125. The molecular weight excluding hydrogens is 472 g/mol. The molecule has 0 atom stereocenters. The number of halogens is 2. The summed E-state index contributed by atoms with van der Waals surface area (Å²) in [6, 6.07) is 8.78. The summed E-state index contributed by atoms with van der Waals surface area (Å²) in [5.74, 6) is -1.46. The molecule has 8 nitrogen and oxygen atoms in total. The molecule has 0 spiro atoms. The lowest BCUT2D eigenvalue weighted by Crippen LogP contribution is -2.15. The molecule has 0 radical (unpaired) electrons. The Morgan fingerprint density at radius 1 is 1.11 bits per heavy atom. The van der Waals surface area contributed by atoms with Crippen molar-refractivity contribution in [2.24, 2.45) is 0 Å². The molecule has 0 saturated heterocycles. The number of hydrogen-bond donors (Lipinski definition) is 0. The molecule has 0 fully saturated rings. The summed E-state index contributed by atoms with van der Waals surface area (Å²) in [7, 11) is 2.86. The van der Waals surface area contributed by atoms with Crippen LogP contribution in [0.5, 0.6) is 11.8 Å². The smallest absolute Gasteiger partial charge is 0.355 e. The van der Waals surface area contributed by atoms with E-state index in [9.17, 15) is 9.18 Å². The van der Waals surface area contributed by atoms with E-state index in [1.807, 2.05) is 0 Å². The molecule has 5 rings (SSSR count).